The van der Waals surface area contributed by atoms with E-state index in [2.05, 4.69) is 31.4 Å². The Kier molecular flexibility index (Phi) is 3.75. The van der Waals surface area contributed by atoms with Gasteiger partial charge in [-0.15, -0.1) is 0 Å². The Hall–Kier alpha value is -1.63. The van der Waals surface area contributed by atoms with E-state index in [1.807, 2.05) is 27.8 Å². The molecular weight excluding hydrogens is 310 g/mol. The average molecular weight is 326 g/mol. The zero-order valence-corrected chi connectivity index (χ0v) is 12.9. The maximum atomic E-state index is 12.2. The molecule has 0 radical (unpaired) electrons. The third-order valence-corrected chi connectivity index (χ3v) is 3.58. The minimum Gasteiger partial charge on any atom is -0.317 e. The van der Waals surface area contributed by atoms with Gasteiger partial charge in [0.05, 0.1) is 21.5 Å². The number of carbonyl (C=O) groups is 1. The Morgan fingerprint density at radius 2 is 2.11 bits per heavy atom. The zero-order chi connectivity index (χ0) is 14.2. The summed E-state index contributed by atoms with van der Waals surface area (Å²) < 4.78 is 4.14. The number of nitrogens with one attached hydrogen (secondary N) is 1. The molecule has 0 aromatic carbocycles. The molecule has 1 N–H and O–H groups in total. The number of hydrogen-bond acceptors (Lipinski definition) is 3. The van der Waals surface area contributed by atoms with Gasteiger partial charge in [-0.1, -0.05) is 0 Å². The monoisotopic (exact) mass is 325 g/mol. The number of rotatable bonds is 3. The topological polar surface area (TPSA) is 64.7 Å². The minimum absolute atomic E-state index is 0.238. The molecule has 0 aliphatic heterocycles. The molecular formula is C12H16BrN5O. The number of hydrogen-bond donors (Lipinski definition) is 1. The van der Waals surface area contributed by atoms with Gasteiger partial charge in [-0.25, -0.2) is 0 Å². The first-order chi connectivity index (χ1) is 8.93. The van der Waals surface area contributed by atoms with Crippen LogP contribution in [0.3, 0.4) is 0 Å². The second-order valence-electron chi connectivity index (χ2n) is 4.30. The normalized spacial score (nSPS) is 10.8. The quantitative estimate of drug-likeness (QED) is 0.941. The van der Waals surface area contributed by atoms with Gasteiger partial charge in [-0.05, 0) is 36.7 Å². The molecule has 102 valence electrons. The van der Waals surface area contributed by atoms with Gasteiger partial charge in [0.2, 0.25) is 0 Å². The van der Waals surface area contributed by atoms with Crippen molar-refractivity contribution in [2.45, 2.75) is 27.3 Å². The molecule has 0 aliphatic rings. The fraction of sp³-hybridized carbons (Fsp3) is 0.417. The van der Waals surface area contributed by atoms with Gasteiger partial charge in [0, 0.05) is 19.8 Å². The molecule has 0 atom stereocenters. The number of aryl methyl sites for hydroxylation is 3. The average Bonchev–Trinajstić information content (AvgIpc) is 2.85. The highest BCUT2D eigenvalue weighted by Crippen LogP contribution is 2.21. The first-order valence-corrected chi connectivity index (χ1v) is 6.77. The highest BCUT2D eigenvalue weighted by Gasteiger charge is 2.18. The maximum Gasteiger partial charge on any atom is 0.277 e. The van der Waals surface area contributed by atoms with Crippen LogP contribution in [0.4, 0.5) is 5.69 Å². The fourth-order valence-electron chi connectivity index (χ4n) is 1.84. The second-order valence-corrected chi connectivity index (χ2v) is 5.16. The first kappa shape index (κ1) is 13.8. The first-order valence-electron chi connectivity index (χ1n) is 5.98. The number of amides is 1. The second kappa shape index (κ2) is 5.16. The van der Waals surface area contributed by atoms with Crippen LogP contribution in [0.25, 0.3) is 0 Å². The van der Waals surface area contributed by atoms with E-state index in [1.165, 1.54) is 0 Å². The predicted molar refractivity (Wildman–Crippen MR) is 76.2 cm³/mol. The van der Waals surface area contributed by atoms with Crippen LogP contribution >= 0.6 is 15.9 Å². The van der Waals surface area contributed by atoms with E-state index in [0.717, 1.165) is 23.6 Å². The smallest absolute Gasteiger partial charge is 0.277 e. The van der Waals surface area contributed by atoms with E-state index in [1.54, 1.807) is 15.6 Å². The van der Waals surface area contributed by atoms with E-state index in [0.29, 0.717) is 10.2 Å². The molecule has 2 aromatic heterocycles. The standard InChI is InChI=1S/C12H16BrN5O/c1-5-18-6-9(13)11(16-18)12(19)14-10-7(2)15-17(4)8(10)3/h6H,5H2,1-4H3,(H,14,19). The predicted octanol–water partition coefficient (Wildman–Crippen LogP) is 2.27. The summed E-state index contributed by atoms with van der Waals surface area (Å²) in [5.41, 5.74) is 2.83. The highest BCUT2D eigenvalue weighted by molar-refractivity contribution is 9.10. The summed E-state index contributed by atoms with van der Waals surface area (Å²) in [5, 5.41) is 11.4. The maximum absolute atomic E-state index is 12.2. The molecule has 0 aliphatic carbocycles. The molecule has 0 saturated carbocycles. The van der Waals surface area contributed by atoms with Crippen LogP contribution in [0.15, 0.2) is 10.7 Å². The van der Waals surface area contributed by atoms with Gasteiger partial charge in [-0.2, -0.15) is 10.2 Å². The summed E-state index contributed by atoms with van der Waals surface area (Å²) in [5.74, 6) is -0.238. The van der Waals surface area contributed by atoms with Crippen molar-refractivity contribution in [1.82, 2.24) is 19.6 Å². The van der Waals surface area contributed by atoms with Crippen molar-refractivity contribution in [3.05, 3.63) is 27.8 Å². The number of anilines is 1. The van der Waals surface area contributed by atoms with Crippen LogP contribution in [-0.4, -0.2) is 25.5 Å². The Balaban J connectivity index is 2.28. The van der Waals surface area contributed by atoms with Gasteiger partial charge in [-0.3, -0.25) is 14.2 Å². The molecule has 1 amide bonds. The van der Waals surface area contributed by atoms with Crippen LogP contribution in [0, 0.1) is 13.8 Å². The molecule has 0 unspecified atom stereocenters. The lowest BCUT2D eigenvalue weighted by Crippen LogP contribution is -2.15. The van der Waals surface area contributed by atoms with Crippen molar-refractivity contribution < 1.29 is 4.79 Å². The number of carbonyl (C=O) groups excluding carboxylic acids is 1. The van der Waals surface area contributed by atoms with E-state index < -0.39 is 0 Å². The van der Waals surface area contributed by atoms with E-state index in [9.17, 15) is 4.79 Å². The third-order valence-electron chi connectivity index (χ3n) is 3.00. The van der Waals surface area contributed by atoms with Gasteiger partial charge in [0.1, 0.15) is 0 Å². The van der Waals surface area contributed by atoms with Crippen LogP contribution in [0.5, 0.6) is 0 Å². The summed E-state index contributed by atoms with van der Waals surface area (Å²) in [6.07, 6.45) is 1.79. The summed E-state index contributed by atoms with van der Waals surface area (Å²) in [6.45, 7) is 6.46. The molecule has 6 nitrogen and oxygen atoms in total. The fourth-order valence-corrected chi connectivity index (χ4v) is 2.34. The lowest BCUT2D eigenvalue weighted by molar-refractivity contribution is 0.102. The summed E-state index contributed by atoms with van der Waals surface area (Å²) in [4.78, 5) is 12.2. The molecule has 2 rings (SSSR count). The Morgan fingerprint density at radius 1 is 1.42 bits per heavy atom. The lowest BCUT2D eigenvalue weighted by Gasteiger charge is -2.04. The summed E-state index contributed by atoms with van der Waals surface area (Å²) in [6, 6.07) is 0. The highest BCUT2D eigenvalue weighted by atomic mass is 79.9. The van der Waals surface area contributed by atoms with E-state index in [4.69, 9.17) is 0 Å². The molecule has 0 spiro atoms. The molecule has 0 saturated heterocycles. The van der Waals surface area contributed by atoms with Crippen LogP contribution in [0.1, 0.15) is 28.8 Å². The minimum atomic E-state index is -0.238. The van der Waals surface area contributed by atoms with Crippen LogP contribution < -0.4 is 5.32 Å². The molecule has 7 heteroatoms. The number of halogens is 1. The summed E-state index contributed by atoms with van der Waals surface area (Å²) >= 11 is 3.35. The van der Waals surface area contributed by atoms with Crippen molar-refractivity contribution in [2.75, 3.05) is 5.32 Å². The molecule has 2 heterocycles. The van der Waals surface area contributed by atoms with Crippen molar-refractivity contribution in [2.24, 2.45) is 7.05 Å². The Morgan fingerprint density at radius 3 is 2.58 bits per heavy atom. The molecule has 19 heavy (non-hydrogen) atoms. The Bertz CT molecular complexity index is 628. The van der Waals surface area contributed by atoms with E-state index >= 15 is 0 Å². The SMILES string of the molecule is CCn1cc(Br)c(C(=O)Nc2c(C)nn(C)c2C)n1. The largest absolute Gasteiger partial charge is 0.317 e. The molecule has 2 aromatic rings. The van der Waals surface area contributed by atoms with Crippen molar-refractivity contribution >= 4 is 27.5 Å². The number of nitrogens with zero attached hydrogens (tertiary/aromatic N) is 4. The zero-order valence-electron chi connectivity index (χ0n) is 11.4. The lowest BCUT2D eigenvalue weighted by atomic mass is 10.3. The van der Waals surface area contributed by atoms with Crippen molar-refractivity contribution in [3.63, 3.8) is 0 Å². The third kappa shape index (κ3) is 2.56. The van der Waals surface area contributed by atoms with E-state index in [-0.39, 0.29) is 5.91 Å². The van der Waals surface area contributed by atoms with Crippen molar-refractivity contribution in [1.29, 1.82) is 0 Å². The number of aromatic nitrogens is 4. The van der Waals surface area contributed by atoms with Gasteiger partial charge in [0.15, 0.2) is 5.69 Å². The molecule has 0 fully saturated rings. The molecule has 0 bridgehead atoms. The Labute approximate surface area is 119 Å². The van der Waals surface area contributed by atoms with Crippen LogP contribution in [-0.2, 0) is 13.6 Å². The van der Waals surface area contributed by atoms with Gasteiger partial charge in [0.25, 0.3) is 5.91 Å². The summed E-state index contributed by atoms with van der Waals surface area (Å²) in [7, 11) is 1.85. The van der Waals surface area contributed by atoms with Gasteiger partial charge >= 0.3 is 0 Å². The van der Waals surface area contributed by atoms with Crippen molar-refractivity contribution in [3.8, 4) is 0 Å². The van der Waals surface area contributed by atoms with Crippen LogP contribution in [0.2, 0.25) is 0 Å². The van der Waals surface area contributed by atoms with Gasteiger partial charge < -0.3 is 5.32 Å².